The highest BCUT2D eigenvalue weighted by Crippen LogP contribution is 2.37. The van der Waals surface area contributed by atoms with E-state index in [0.717, 1.165) is 42.7 Å². The molecule has 1 aromatic heterocycles. The molecule has 4 heteroatoms. The second-order valence-electron chi connectivity index (χ2n) is 5.84. The average Bonchev–Trinajstić information content (AvgIpc) is 3.10. The highest BCUT2D eigenvalue weighted by molar-refractivity contribution is 5.77. The van der Waals surface area contributed by atoms with Crippen molar-refractivity contribution in [3.8, 4) is 5.75 Å². The van der Waals surface area contributed by atoms with E-state index >= 15 is 0 Å². The Morgan fingerprint density at radius 3 is 2.83 bits per heavy atom. The van der Waals surface area contributed by atoms with E-state index in [1.165, 1.54) is 0 Å². The number of hydrogen-bond donors (Lipinski definition) is 0. The van der Waals surface area contributed by atoms with Gasteiger partial charge in [0.25, 0.3) is 0 Å². The summed E-state index contributed by atoms with van der Waals surface area (Å²) < 4.78 is 5.47. The van der Waals surface area contributed by atoms with Crippen molar-refractivity contribution in [2.75, 3.05) is 13.7 Å². The number of ether oxygens (including phenoxy) is 1. The third-order valence-corrected chi connectivity index (χ3v) is 4.45. The van der Waals surface area contributed by atoms with Crippen LogP contribution in [0.4, 0.5) is 0 Å². The van der Waals surface area contributed by atoms with Gasteiger partial charge in [0.05, 0.1) is 13.2 Å². The minimum atomic E-state index is 0.135. The molecule has 1 saturated heterocycles. The van der Waals surface area contributed by atoms with Gasteiger partial charge in [-0.1, -0.05) is 18.2 Å². The predicted octanol–water partition coefficient (Wildman–Crippen LogP) is 3.39. The number of para-hydroxylation sites is 1. The van der Waals surface area contributed by atoms with Gasteiger partial charge in [0, 0.05) is 30.9 Å². The molecule has 0 aliphatic carbocycles. The molecule has 0 spiro atoms. The second-order valence-corrected chi connectivity index (χ2v) is 5.84. The number of aryl methyl sites for hydroxylation is 1. The Hall–Kier alpha value is -2.36. The standard InChI is InChI=1S/C19H22N2O2/c1-23-18-7-3-2-5-16(18)17-6-4-14-21(17)19(22)9-8-15-10-12-20-13-11-15/h2-3,5,7,10-13,17H,4,6,8-9,14H2,1H3/t17-/m0/s1. The zero-order valence-electron chi connectivity index (χ0n) is 13.4. The number of hydrogen-bond acceptors (Lipinski definition) is 3. The molecule has 1 atom stereocenters. The maximum atomic E-state index is 12.7. The monoisotopic (exact) mass is 310 g/mol. The average molecular weight is 310 g/mol. The van der Waals surface area contributed by atoms with Gasteiger partial charge in [0.1, 0.15) is 5.75 Å². The Labute approximate surface area is 137 Å². The van der Waals surface area contributed by atoms with Crippen LogP contribution in [0, 0.1) is 0 Å². The SMILES string of the molecule is COc1ccccc1[C@@H]1CCCN1C(=O)CCc1ccncc1. The Bertz CT molecular complexity index is 657. The summed E-state index contributed by atoms with van der Waals surface area (Å²) in [6.45, 7) is 0.831. The number of methoxy groups -OCH3 is 1. The van der Waals surface area contributed by atoms with Crippen LogP contribution in [-0.4, -0.2) is 29.4 Å². The smallest absolute Gasteiger partial charge is 0.223 e. The Morgan fingerprint density at radius 1 is 1.26 bits per heavy atom. The Kier molecular flexibility index (Phi) is 4.91. The molecule has 0 N–H and O–H groups in total. The van der Waals surface area contributed by atoms with Crippen LogP contribution in [0.25, 0.3) is 0 Å². The van der Waals surface area contributed by atoms with E-state index in [1.54, 1.807) is 19.5 Å². The molecular weight excluding hydrogens is 288 g/mol. The minimum Gasteiger partial charge on any atom is -0.496 e. The molecule has 3 rings (SSSR count). The van der Waals surface area contributed by atoms with E-state index in [0.29, 0.717) is 6.42 Å². The van der Waals surface area contributed by atoms with Crippen LogP contribution in [0.5, 0.6) is 5.75 Å². The first-order chi connectivity index (χ1) is 11.3. The van der Waals surface area contributed by atoms with Gasteiger partial charge in [-0.05, 0) is 43.0 Å². The van der Waals surface area contributed by atoms with Crippen molar-refractivity contribution in [3.63, 3.8) is 0 Å². The van der Waals surface area contributed by atoms with E-state index in [9.17, 15) is 4.79 Å². The van der Waals surface area contributed by atoms with E-state index in [1.807, 2.05) is 35.2 Å². The molecule has 2 aromatic rings. The number of pyridine rings is 1. The summed E-state index contributed by atoms with van der Waals surface area (Å²) >= 11 is 0. The molecule has 0 unspecified atom stereocenters. The second kappa shape index (κ2) is 7.27. The summed E-state index contributed by atoms with van der Waals surface area (Å²) in [5.74, 6) is 1.08. The topological polar surface area (TPSA) is 42.4 Å². The number of benzene rings is 1. The van der Waals surface area contributed by atoms with Crippen LogP contribution >= 0.6 is 0 Å². The summed E-state index contributed by atoms with van der Waals surface area (Å²) in [6.07, 6.45) is 6.89. The molecule has 0 radical (unpaired) electrons. The third kappa shape index (κ3) is 3.52. The molecule has 120 valence electrons. The number of nitrogens with zero attached hydrogens (tertiary/aromatic N) is 2. The largest absolute Gasteiger partial charge is 0.496 e. The van der Waals surface area contributed by atoms with Crippen molar-refractivity contribution < 1.29 is 9.53 Å². The van der Waals surface area contributed by atoms with Gasteiger partial charge in [0.15, 0.2) is 0 Å². The first kappa shape index (κ1) is 15.5. The zero-order valence-corrected chi connectivity index (χ0v) is 13.4. The van der Waals surface area contributed by atoms with E-state index < -0.39 is 0 Å². The highest BCUT2D eigenvalue weighted by atomic mass is 16.5. The van der Waals surface area contributed by atoms with Gasteiger partial charge in [-0.3, -0.25) is 9.78 Å². The molecule has 23 heavy (non-hydrogen) atoms. The van der Waals surface area contributed by atoms with Crippen molar-refractivity contribution in [1.29, 1.82) is 0 Å². The summed E-state index contributed by atoms with van der Waals surface area (Å²) in [7, 11) is 1.68. The van der Waals surface area contributed by atoms with Crippen molar-refractivity contribution in [2.24, 2.45) is 0 Å². The Morgan fingerprint density at radius 2 is 2.04 bits per heavy atom. The van der Waals surface area contributed by atoms with Crippen LogP contribution in [0.15, 0.2) is 48.8 Å². The van der Waals surface area contributed by atoms with Gasteiger partial charge in [-0.15, -0.1) is 0 Å². The predicted molar refractivity (Wildman–Crippen MR) is 89.2 cm³/mol. The summed E-state index contributed by atoms with van der Waals surface area (Å²) in [6, 6.07) is 12.1. The minimum absolute atomic E-state index is 0.135. The first-order valence-electron chi connectivity index (χ1n) is 8.11. The number of rotatable bonds is 5. The lowest BCUT2D eigenvalue weighted by Gasteiger charge is -2.26. The number of carbonyl (C=O) groups is 1. The maximum Gasteiger partial charge on any atom is 0.223 e. The fourth-order valence-electron chi connectivity index (χ4n) is 3.27. The zero-order chi connectivity index (χ0) is 16.1. The molecule has 1 amide bonds. The van der Waals surface area contributed by atoms with E-state index in [4.69, 9.17) is 4.74 Å². The van der Waals surface area contributed by atoms with Crippen molar-refractivity contribution >= 4 is 5.91 Å². The lowest BCUT2D eigenvalue weighted by Crippen LogP contribution is -2.30. The highest BCUT2D eigenvalue weighted by Gasteiger charge is 2.31. The third-order valence-electron chi connectivity index (χ3n) is 4.45. The summed E-state index contributed by atoms with van der Waals surface area (Å²) in [4.78, 5) is 18.7. The summed E-state index contributed by atoms with van der Waals surface area (Å²) in [5, 5.41) is 0. The quantitative estimate of drug-likeness (QED) is 0.850. The number of aromatic nitrogens is 1. The lowest BCUT2D eigenvalue weighted by molar-refractivity contribution is -0.132. The molecule has 0 saturated carbocycles. The van der Waals surface area contributed by atoms with Crippen LogP contribution in [-0.2, 0) is 11.2 Å². The first-order valence-corrected chi connectivity index (χ1v) is 8.11. The summed E-state index contributed by atoms with van der Waals surface area (Å²) in [5.41, 5.74) is 2.27. The van der Waals surface area contributed by atoms with Crippen LogP contribution in [0.2, 0.25) is 0 Å². The molecule has 1 aliphatic rings. The molecule has 2 heterocycles. The normalized spacial score (nSPS) is 17.3. The van der Waals surface area contributed by atoms with Crippen LogP contribution in [0.3, 0.4) is 0 Å². The molecule has 0 bridgehead atoms. The maximum absolute atomic E-state index is 12.7. The molecule has 4 nitrogen and oxygen atoms in total. The number of likely N-dealkylation sites (tertiary alicyclic amines) is 1. The van der Waals surface area contributed by atoms with Gasteiger partial charge in [-0.25, -0.2) is 0 Å². The molecule has 1 aromatic carbocycles. The fourth-order valence-corrected chi connectivity index (χ4v) is 3.27. The van der Waals surface area contributed by atoms with Gasteiger partial charge >= 0.3 is 0 Å². The van der Waals surface area contributed by atoms with Crippen LogP contribution in [0.1, 0.15) is 36.4 Å². The molecule has 1 fully saturated rings. The number of carbonyl (C=O) groups excluding carboxylic acids is 1. The van der Waals surface area contributed by atoms with Crippen molar-refractivity contribution in [1.82, 2.24) is 9.88 Å². The lowest BCUT2D eigenvalue weighted by atomic mass is 10.0. The van der Waals surface area contributed by atoms with Gasteiger partial charge in [-0.2, -0.15) is 0 Å². The van der Waals surface area contributed by atoms with Gasteiger partial charge < -0.3 is 9.64 Å². The molecular formula is C19H22N2O2. The van der Waals surface area contributed by atoms with Gasteiger partial charge in [0.2, 0.25) is 5.91 Å². The van der Waals surface area contributed by atoms with Crippen molar-refractivity contribution in [3.05, 3.63) is 59.9 Å². The molecule has 1 aliphatic heterocycles. The fraction of sp³-hybridized carbons (Fsp3) is 0.368. The van der Waals surface area contributed by atoms with Crippen molar-refractivity contribution in [2.45, 2.75) is 31.7 Å². The Balaban J connectivity index is 1.70. The van der Waals surface area contributed by atoms with Crippen LogP contribution < -0.4 is 4.74 Å². The van der Waals surface area contributed by atoms with E-state index in [-0.39, 0.29) is 11.9 Å². The number of amides is 1. The van der Waals surface area contributed by atoms with E-state index in [2.05, 4.69) is 11.1 Å².